The summed E-state index contributed by atoms with van der Waals surface area (Å²) in [5, 5.41) is 3.94. The van der Waals surface area contributed by atoms with Gasteiger partial charge < -0.3 is 24.4 Å². The minimum absolute atomic E-state index is 0.581. The average Bonchev–Trinajstić information content (AvgIpc) is 2.79. The molecular formula is C24H26N2O3S. The third-order valence-corrected chi connectivity index (χ3v) is 5.04. The highest BCUT2D eigenvalue weighted by Gasteiger charge is 2.15. The molecule has 0 radical (unpaired) electrons. The second kappa shape index (κ2) is 10.5. The van der Waals surface area contributed by atoms with E-state index in [-0.39, 0.29) is 0 Å². The highest BCUT2D eigenvalue weighted by molar-refractivity contribution is 7.80. The SMILES string of the molecule is COc1cccc(NC(=S)N(Cc2ccccc2)Cc2ccc(OC)cc2OC)c1. The van der Waals surface area contributed by atoms with E-state index in [9.17, 15) is 0 Å². The van der Waals surface area contributed by atoms with Crippen LogP contribution in [0.25, 0.3) is 0 Å². The van der Waals surface area contributed by atoms with Crippen molar-refractivity contribution in [3.8, 4) is 17.2 Å². The van der Waals surface area contributed by atoms with Crippen molar-refractivity contribution in [1.82, 2.24) is 4.90 Å². The lowest BCUT2D eigenvalue weighted by molar-refractivity contribution is 0.370. The van der Waals surface area contributed by atoms with E-state index >= 15 is 0 Å². The zero-order valence-corrected chi connectivity index (χ0v) is 18.2. The Kier molecular flexibility index (Phi) is 7.51. The first-order chi connectivity index (χ1) is 14.6. The van der Waals surface area contributed by atoms with Gasteiger partial charge in [0.2, 0.25) is 0 Å². The predicted octanol–water partition coefficient (Wildman–Crippen LogP) is 5.11. The molecule has 30 heavy (non-hydrogen) atoms. The summed E-state index contributed by atoms with van der Waals surface area (Å²) in [4.78, 5) is 2.11. The van der Waals surface area contributed by atoms with Crippen molar-refractivity contribution in [2.24, 2.45) is 0 Å². The Morgan fingerprint density at radius 2 is 1.53 bits per heavy atom. The molecule has 3 aromatic rings. The van der Waals surface area contributed by atoms with Crippen molar-refractivity contribution in [1.29, 1.82) is 0 Å². The zero-order valence-electron chi connectivity index (χ0n) is 17.4. The molecule has 0 unspecified atom stereocenters. The van der Waals surface area contributed by atoms with Crippen LogP contribution in [0.3, 0.4) is 0 Å². The molecule has 0 spiro atoms. The van der Waals surface area contributed by atoms with E-state index in [4.69, 9.17) is 26.4 Å². The Labute approximate surface area is 183 Å². The Hall–Kier alpha value is -3.25. The number of nitrogens with zero attached hydrogens (tertiary/aromatic N) is 1. The molecule has 3 aromatic carbocycles. The van der Waals surface area contributed by atoms with E-state index in [2.05, 4.69) is 22.3 Å². The molecule has 5 nitrogen and oxygen atoms in total. The van der Waals surface area contributed by atoms with Crippen LogP contribution in [0.1, 0.15) is 11.1 Å². The van der Waals surface area contributed by atoms with Crippen LogP contribution in [0.2, 0.25) is 0 Å². The molecule has 3 rings (SSSR count). The fraction of sp³-hybridized carbons (Fsp3) is 0.208. The molecule has 0 aromatic heterocycles. The largest absolute Gasteiger partial charge is 0.497 e. The van der Waals surface area contributed by atoms with Gasteiger partial charge in [0.1, 0.15) is 17.2 Å². The fourth-order valence-electron chi connectivity index (χ4n) is 3.09. The number of benzene rings is 3. The van der Waals surface area contributed by atoms with Gasteiger partial charge in [0.15, 0.2) is 5.11 Å². The maximum absolute atomic E-state index is 5.77. The molecular weight excluding hydrogens is 396 g/mol. The molecule has 0 fully saturated rings. The van der Waals surface area contributed by atoms with Gasteiger partial charge in [-0.25, -0.2) is 0 Å². The standard InChI is InChI=1S/C24H26N2O3S/c1-27-21-11-7-10-20(14-21)25-24(30)26(16-18-8-5-4-6-9-18)17-19-12-13-22(28-2)15-23(19)29-3/h4-15H,16-17H2,1-3H3,(H,25,30). The van der Waals surface area contributed by atoms with Gasteiger partial charge in [-0.3, -0.25) is 0 Å². The summed E-state index contributed by atoms with van der Waals surface area (Å²) in [5.74, 6) is 2.29. The second-order valence-corrected chi connectivity index (χ2v) is 7.07. The number of nitrogens with one attached hydrogen (secondary N) is 1. The average molecular weight is 423 g/mol. The van der Waals surface area contributed by atoms with Crippen molar-refractivity contribution in [3.63, 3.8) is 0 Å². The highest BCUT2D eigenvalue weighted by atomic mass is 32.1. The quantitative estimate of drug-likeness (QED) is 0.509. The molecule has 0 heterocycles. The van der Waals surface area contributed by atoms with Gasteiger partial charge in [-0.15, -0.1) is 0 Å². The molecule has 0 aliphatic carbocycles. The summed E-state index contributed by atoms with van der Waals surface area (Å²) in [6, 6.07) is 23.8. The Balaban J connectivity index is 1.85. The molecule has 0 amide bonds. The lowest BCUT2D eigenvalue weighted by atomic mass is 10.1. The monoisotopic (exact) mass is 422 g/mol. The fourth-order valence-corrected chi connectivity index (χ4v) is 3.34. The molecule has 0 saturated carbocycles. The first-order valence-electron chi connectivity index (χ1n) is 9.57. The minimum Gasteiger partial charge on any atom is -0.497 e. The smallest absolute Gasteiger partial charge is 0.174 e. The van der Waals surface area contributed by atoms with Crippen LogP contribution in [0.15, 0.2) is 72.8 Å². The first-order valence-corrected chi connectivity index (χ1v) is 9.98. The van der Waals surface area contributed by atoms with Gasteiger partial charge in [0, 0.05) is 36.5 Å². The third-order valence-electron chi connectivity index (χ3n) is 4.68. The number of anilines is 1. The minimum atomic E-state index is 0.581. The Morgan fingerprint density at radius 1 is 0.800 bits per heavy atom. The summed E-state index contributed by atoms with van der Waals surface area (Å²) in [6.07, 6.45) is 0. The van der Waals surface area contributed by atoms with Crippen molar-refractivity contribution in [2.75, 3.05) is 26.6 Å². The molecule has 6 heteroatoms. The van der Waals surface area contributed by atoms with Crippen LogP contribution < -0.4 is 19.5 Å². The first kappa shape index (κ1) is 21.5. The number of methoxy groups -OCH3 is 3. The molecule has 1 N–H and O–H groups in total. The topological polar surface area (TPSA) is 43.0 Å². The van der Waals surface area contributed by atoms with Crippen LogP contribution in [-0.2, 0) is 13.1 Å². The number of ether oxygens (including phenoxy) is 3. The van der Waals surface area contributed by atoms with Crippen molar-refractivity contribution >= 4 is 23.0 Å². The number of hydrogen-bond donors (Lipinski definition) is 1. The molecule has 0 aliphatic heterocycles. The zero-order chi connectivity index (χ0) is 21.3. The van der Waals surface area contributed by atoms with Crippen molar-refractivity contribution < 1.29 is 14.2 Å². The van der Waals surface area contributed by atoms with E-state index in [1.54, 1.807) is 21.3 Å². The summed E-state index contributed by atoms with van der Waals surface area (Å²) < 4.78 is 16.2. The maximum atomic E-state index is 5.77. The number of thiocarbonyl (C=S) groups is 1. The van der Waals surface area contributed by atoms with Crippen molar-refractivity contribution in [3.05, 3.63) is 83.9 Å². The van der Waals surface area contributed by atoms with Crippen LogP contribution in [0.5, 0.6) is 17.2 Å². The number of rotatable bonds is 8. The normalized spacial score (nSPS) is 10.2. The number of hydrogen-bond acceptors (Lipinski definition) is 4. The van der Waals surface area contributed by atoms with E-state index < -0.39 is 0 Å². The molecule has 0 saturated heterocycles. The van der Waals surface area contributed by atoms with Crippen LogP contribution in [0.4, 0.5) is 5.69 Å². The molecule has 0 atom stereocenters. The molecule has 0 bridgehead atoms. The summed E-state index contributed by atoms with van der Waals surface area (Å²) in [7, 11) is 4.95. The maximum Gasteiger partial charge on any atom is 0.174 e. The predicted molar refractivity (Wildman–Crippen MR) is 124 cm³/mol. The van der Waals surface area contributed by atoms with Gasteiger partial charge in [0.05, 0.1) is 21.3 Å². The van der Waals surface area contributed by atoms with Gasteiger partial charge in [-0.05, 0) is 42.0 Å². The van der Waals surface area contributed by atoms with E-state index in [0.717, 1.165) is 28.5 Å². The summed E-state index contributed by atoms with van der Waals surface area (Å²) >= 11 is 5.77. The van der Waals surface area contributed by atoms with Crippen LogP contribution in [-0.4, -0.2) is 31.3 Å². The molecule has 0 aliphatic rings. The van der Waals surface area contributed by atoms with Gasteiger partial charge in [-0.2, -0.15) is 0 Å². The van der Waals surface area contributed by atoms with Crippen LogP contribution >= 0.6 is 12.2 Å². The van der Waals surface area contributed by atoms with Crippen molar-refractivity contribution in [2.45, 2.75) is 13.1 Å². The van der Waals surface area contributed by atoms with Crippen LogP contribution in [0, 0.1) is 0 Å². The summed E-state index contributed by atoms with van der Waals surface area (Å²) in [6.45, 7) is 1.24. The highest BCUT2D eigenvalue weighted by Crippen LogP contribution is 2.27. The van der Waals surface area contributed by atoms with E-state index in [1.165, 1.54) is 5.56 Å². The lowest BCUT2D eigenvalue weighted by Gasteiger charge is -2.27. The van der Waals surface area contributed by atoms with Gasteiger partial charge in [0.25, 0.3) is 0 Å². The van der Waals surface area contributed by atoms with E-state index in [0.29, 0.717) is 18.2 Å². The third kappa shape index (κ3) is 5.64. The Bertz CT molecular complexity index is 979. The van der Waals surface area contributed by atoms with Gasteiger partial charge >= 0.3 is 0 Å². The Morgan fingerprint density at radius 3 is 2.23 bits per heavy atom. The second-order valence-electron chi connectivity index (χ2n) is 6.68. The molecule has 156 valence electrons. The van der Waals surface area contributed by atoms with E-state index in [1.807, 2.05) is 60.7 Å². The summed E-state index contributed by atoms with van der Waals surface area (Å²) in [5.41, 5.74) is 3.06. The van der Waals surface area contributed by atoms with Gasteiger partial charge in [-0.1, -0.05) is 36.4 Å². The lowest BCUT2D eigenvalue weighted by Crippen LogP contribution is -2.34.